The number of anilines is 1. The fraction of sp³-hybridized carbons (Fsp3) is 0.586. The zero-order chi connectivity index (χ0) is 32.1. The lowest BCUT2D eigenvalue weighted by Crippen LogP contribution is -2.57. The van der Waals surface area contributed by atoms with Gasteiger partial charge in [0.15, 0.2) is 9.84 Å². The maximum absolute atomic E-state index is 13.8. The van der Waals surface area contributed by atoms with Crippen LogP contribution in [0, 0.1) is 11.7 Å². The van der Waals surface area contributed by atoms with E-state index in [1.54, 1.807) is 51.4 Å². The number of ether oxygens (including phenoxy) is 2. The van der Waals surface area contributed by atoms with E-state index in [0.717, 1.165) is 0 Å². The van der Waals surface area contributed by atoms with E-state index >= 15 is 0 Å². The Hall–Kier alpha value is -3.46. The largest absolute Gasteiger partial charge is 0.496 e. The molecule has 2 aliphatic rings. The number of benzene rings is 1. The molecule has 4 heterocycles. The average molecular weight is 651 g/mol. The number of methoxy groups -OCH3 is 1. The van der Waals surface area contributed by atoms with Gasteiger partial charge in [-0.15, -0.1) is 5.10 Å². The number of halogens is 1. The molecule has 1 atom stereocenters. The van der Waals surface area contributed by atoms with Crippen molar-refractivity contribution in [3.63, 3.8) is 0 Å². The van der Waals surface area contributed by atoms with Gasteiger partial charge in [-0.25, -0.2) is 27.1 Å². The number of alkyl carbamates (subject to hydrolysis) is 1. The monoisotopic (exact) mass is 650 g/mol. The molecule has 5 rings (SSSR count). The minimum atomic E-state index is -3.53. The zero-order valence-corrected chi connectivity index (χ0v) is 27.4. The van der Waals surface area contributed by atoms with Crippen LogP contribution in [0.2, 0.25) is 0 Å². The number of hydrogen-bond donors (Lipinski definition) is 2. The molecular weight excluding hydrogens is 611 g/mol. The summed E-state index contributed by atoms with van der Waals surface area (Å²) in [6, 6.07) is 4.27. The number of aromatic nitrogens is 3. The van der Waals surface area contributed by atoms with E-state index in [4.69, 9.17) is 14.6 Å². The molecule has 2 aromatic heterocycles. The van der Waals surface area contributed by atoms with Crippen LogP contribution in [-0.2, 0) is 19.4 Å². The van der Waals surface area contributed by atoms with Gasteiger partial charge in [0.1, 0.15) is 17.2 Å². The predicted molar refractivity (Wildman–Crippen MR) is 165 cm³/mol. The van der Waals surface area contributed by atoms with E-state index in [9.17, 15) is 22.4 Å². The number of fused-ring (bicyclic) bond motifs is 1. The van der Waals surface area contributed by atoms with Crippen molar-refractivity contribution in [1.29, 1.82) is 0 Å². The SMILES string of the molecule is COc1cc(F)ccc1-c1cnc2sc(N3CCC4(CC3)C(C(=O)NCC(C)(C)NC(=O)OC(C)(C)C)CCS4(=O)=O)nn12. The van der Waals surface area contributed by atoms with Crippen LogP contribution in [0.25, 0.3) is 16.2 Å². The maximum atomic E-state index is 13.8. The third-order valence-electron chi connectivity index (χ3n) is 8.18. The Morgan fingerprint density at radius 3 is 2.55 bits per heavy atom. The van der Waals surface area contributed by atoms with Crippen molar-refractivity contribution in [1.82, 2.24) is 25.2 Å². The second-order valence-corrected chi connectivity index (χ2v) is 16.4. The highest BCUT2D eigenvalue weighted by Crippen LogP contribution is 2.46. The molecule has 0 bridgehead atoms. The minimum absolute atomic E-state index is 0.0431. The number of piperidine rings is 1. The predicted octanol–water partition coefficient (Wildman–Crippen LogP) is 3.80. The quantitative estimate of drug-likeness (QED) is 0.390. The minimum Gasteiger partial charge on any atom is -0.496 e. The van der Waals surface area contributed by atoms with E-state index in [0.29, 0.717) is 40.2 Å². The van der Waals surface area contributed by atoms with Crippen molar-refractivity contribution >= 4 is 43.3 Å². The topological polar surface area (TPSA) is 144 Å². The number of hydrogen-bond acceptors (Lipinski definition) is 10. The Morgan fingerprint density at radius 1 is 1.18 bits per heavy atom. The Bertz CT molecular complexity index is 1670. The summed E-state index contributed by atoms with van der Waals surface area (Å²) >= 11 is 1.37. The second kappa shape index (κ2) is 11.5. The first kappa shape index (κ1) is 31.9. The van der Waals surface area contributed by atoms with Gasteiger partial charge in [-0.1, -0.05) is 11.3 Å². The summed E-state index contributed by atoms with van der Waals surface area (Å²) in [4.78, 5) is 32.9. The lowest BCUT2D eigenvalue weighted by Gasteiger charge is -2.41. The van der Waals surface area contributed by atoms with Crippen molar-refractivity contribution in [2.45, 2.75) is 69.8 Å². The van der Waals surface area contributed by atoms with Gasteiger partial charge in [-0.2, -0.15) is 0 Å². The molecule has 2 N–H and O–H groups in total. The molecule has 15 heteroatoms. The van der Waals surface area contributed by atoms with Crippen molar-refractivity contribution in [3.8, 4) is 17.0 Å². The molecule has 2 amide bonds. The van der Waals surface area contributed by atoms with Gasteiger partial charge in [0.05, 0.1) is 41.0 Å². The van der Waals surface area contributed by atoms with Crippen LogP contribution in [0.5, 0.6) is 5.75 Å². The number of rotatable bonds is 7. The first-order chi connectivity index (χ1) is 20.5. The first-order valence-corrected chi connectivity index (χ1v) is 17.0. The van der Waals surface area contributed by atoms with Crippen LogP contribution in [0.4, 0.5) is 14.3 Å². The third-order valence-corrected chi connectivity index (χ3v) is 11.9. The van der Waals surface area contributed by atoms with E-state index < -0.39 is 43.6 Å². The Labute approximate surface area is 260 Å². The van der Waals surface area contributed by atoms with E-state index in [1.807, 2.05) is 4.90 Å². The number of carbonyl (C=O) groups is 2. The summed E-state index contributed by atoms with van der Waals surface area (Å²) in [6.07, 6.45) is 1.88. The van der Waals surface area contributed by atoms with E-state index in [2.05, 4.69) is 15.6 Å². The average Bonchev–Trinajstić information content (AvgIpc) is 3.58. The lowest BCUT2D eigenvalue weighted by atomic mass is 9.81. The lowest BCUT2D eigenvalue weighted by molar-refractivity contribution is -0.126. The molecule has 44 heavy (non-hydrogen) atoms. The van der Waals surface area contributed by atoms with Gasteiger partial charge in [0, 0.05) is 31.3 Å². The van der Waals surface area contributed by atoms with Crippen LogP contribution >= 0.6 is 11.3 Å². The molecule has 2 fully saturated rings. The number of sulfone groups is 1. The Balaban J connectivity index is 1.28. The van der Waals surface area contributed by atoms with E-state index in [1.165, 1.54) is 30.6 Å². The molecule has 0 aliphatic carbocycles. The molecule has 1 unspecified atom stereocenters. The molecular formula is C29H39FN6O6S2. The van der Waals surface area contributed by atoms with Crippen molar-refractivity contribution < 1.29 is 31.9 Å². The summed E-state index contributed by atoms with van der Waals surface area (Å²) in [5.74, 6) is -1.12. The number of carbonyl (C=O) groups excluding carboxylic acids is 2. The fourth-order valence-electron chi connectivity index (χ4n) is 5.99. The highest BCUT2D eigenvalue weighted by atomic mass is 32.2. The van der Waals surface area contributed by atoms with Crippen LogP contribution in [0.1, 0.15) is 53.9 Å². The van der Waals surface area contributed by atoms with Crippen molar-refractivity contribution in [3.05, 3.63) is 30.2 Å². The smallest absolute Gasteiger partial charge is 0.408 e. The standard InChI is InChI=1S/C29H39FN6O6S2/c1-27(2,3)42-26(38)33-28(4,5)17-32-23(37)20-9-14-44(39,40)29(20)10-12-35(13-11-29)25-34-36-21(16-31-24(36)43-25)19-8-7-18(30)15-22(19)41-6/h7-8,15-16,20H,9-14,17H2,1-6H3,(H,32,37)(H,33,38). The maximum Gasteiger partial charge on any atom is 0.408 e. The van der Waals surface area contributed by atoms with Gasteiger partial charge in [-0.3, -0.25) is 4.79 Å². The molecule has 12 nitrogen and oxygen atoms in total. The van der Waals surface area contributed by atoms with Crippen molar-refractivity contribution in [2.24, 2.45) is 5.92 Å². The van der Waals surface area contributed by atoms with Crippen LogP contribution in [0.3, 0.4) is 0 Å². The zero-order valence-electron chi connectivity index (χ0n) is 25.8. The van der Waals surface area contributed by atoms with Crippen molar-refractivity contribution in [2.75, 3.05) is 37.4 Å². The molecule has 0 saturated carbocycles. The molecule has 1 spiro atoms. The Morgan fingerprint density at radius 2 is 1.89 bits per heavy atom. The van der Waals surface area contributed by atoms with Gasteiger partial charge < -0.3 is 25.0 Å². The Kier molecular flexibility index (Phi) is 8.33. The third kappa shape index (κ3) is 6.21. The van der Waals surface area contributed by atoms with E-state index in [-0.39, 0.29) is 37.5 Å². The molecule has 240 valence electrons. The number of nitrogens with one attached hydrogen (secondary N) is 2. The summed E-state index contributed by atoms with van der Waals surface area (Å²) in [7, 11) is -2.06. The summed E-state index contributed by atoms with van der Waals surface area (Å²) in [5, 5.41) is 11.1. The molecule has 2 aliphatic heterocycles. The normalized spacial score (nSPS) is 19.7. The van der Waals surface area contributed by atoms with Gasteiger partial charge in [-0.05, 0) is 66.0 Å². The van der Waals surface area contributed by atoms with Crippen LogP contribution in [0.15, 0.2) is 24.4 Å². The molecule has 1 aromatic carbocycles. The van der Waals surface area contributed by atoms with Gasteiger partial charge in [0.2, 0.25) is 16.0 Å². The highest BCUT2D eigenvalue weighted by molar-refractivity contribution is 7.93. The highest BCUT2D eigenvalue weighted by Gasteiger charge is 2.58. The number of nitrogens with zero attached hydrogens (tertiary/aromatic N) is 4. The first-order valence-electron chi connectivity index (χ1n) is 14.5. The molecule has 0 radical (unpaired) electrons. The number of amides is 2. The molecule has 2 saturated heterocycles. The van der Waals surface area contributed by atoms with Gasteiger partial charge >= 0.3 is 6.09 Å². The summed E-state index contributed by atoms with van der Waals surface area (Å²) in [6.45, 7) is 9.75. The van der Waals surface area contributed by atoms with Crippen LogP contribution < -0.4 is 20.3 Å². The number of imidazole rings is 1. The van der Waals surface area contributed by atoms with Crippen LogP contribution in [-0.4, -0.2) is 83.4 Å². The summed E-state index contributed by atoms with van der Waals surface area (Å²) < 4.78 is 51.8. The molecule has 3 aromatic rings. The van der Waals surface area contributed by atoms with Gasteiger partial charge in [0.25, 0.3) is 0 Å². The fourth-order valence-corrected chi connectivity index (χ4v) is 9.33. The summed E-state index contributed by atoms with van der Waals surface area (Å²) in [5.41, 5.74) is -0.187. The second-order valence-electron chi connectivity index (χ2n) is 13.0.